The molecular formula is C9H8BrFN2O3. The Balaban J connectivity index is 2.66. The maximum Gasteiger partial charge on any atom is 0.276 e. The first-order valence-corrected chi connectivity index (χ1v) is 4.96. The fourth-order valence-corrected chi connectivity index (χ4v) is 1.35. The van der Waals surface area contributed by atoms with E-state index in [0.29, 0.717) is 0 Å². The molecule has 0 unspecified atom stereocenters. The van der Waals surface area contributed by atoms with Gasteiger partial charge in [0.1, 0.15) is 5.82 Å². The number of nitrogens with two attached hydrogens (primary N) is 1. The van der Waals surface area contributed by atoms with Crippen LogP contribution in [0.3, 0.4) is 0 Å². The molecule has 86 valence electrons. The number of hydroxylamine groups is 1. The highest BCUT2D eigenvalue weighted by Crippen LogP contribution is 2.19. The van der Waals surface area contributed by atoms with Gasteiger partial charge in [-0.1, -0.05) is 6.07 Å². The van der Waals surface area contributed by atoms with Gasteiger partial charge in [-0.25, -0.2) is 9.87 Å². The molecular weight excluding hydrogens is 283 g/mol. The maximum atomic E-state index is 13.0. The zero-order valence-electron chi connectivity index (χ0n) is 8.00. The summed E-state index contributed by atoms with van der Waals surface area (Å²) in [6, 6.07) is 3.98. The number of primary amides is 1. The first-order chi connectivity index (χ1) is 7.52. The second-order valence-electron chi connectivity index (χ2n) is 2.79. The van der Waals surface area contributed by atoms with Crippen molar-refractivity contribution in [1.29, 1.82) is 0 Å². The predicted molar refractivity (Wildman–Crippen MR) is 56.7 cm³/mol. The SMILES string of the molecule is NC(=O)CONC(=O)c1cccc(F)c1Br. The number of benzene rings is 1. The van der Waals surface area contributed by atoms with Crippen molar-refractivity contribution < 1.29 is 18.8 Å². The average molecular weight is 291 g/mol. The van der Waals surface area contributed by atoms with Crippen LogP contribution < -0.4 is 11.2 Å². The van der Waals surface area contributed by atoms with E-state index in [9.17, 15) is 14.0 Å². The molecule has 1 aromatic carbocycles. The number of hydrogen-bond acceptors (Lipinski definition) is 3. The van der Waals surface area contributed by atoms with Crippen LogP contribution in [-0.2, 0) is 9.63 Å². The lowest BCUT2D eigenvalue weighted by Gasteiger charge is -2.06. The number of carbonyl (C=O) groups is 2. The summed E-state index contributed by atoms with van der Waals surface area (Å²) >= 11 is 2.92. The van der Waals surface area contributed by atoms with Crippen molar-refractivity contribution >= 4 is 27.7 Å². The van der Waals surface area contributed by atoms with Gasteiger partial charge >= 0.3 is 0 Å². The summed E-state index contributed by atoms with van der Waals surface area (Å²) in [4.78, 5) is 26.2. The van der Waals surface area contributed by atoms with E-state index in [-0.39, 0.29) is 10.0 Å². The third-order valence-corrected chi connectivity index (χ3v) is 2.38. The first-order valence-electron chi connectivity index (χ1n) is 4.17. The van der Waals surface area contributed by atoms with Crippen LogP contribution in [0.25, 0.3) is 0 Å². The fraction of sp³-hybridized carbons (Fsp3) is 0.111. The summed E-state index contributed by atoms with van der Waals surface area (Å²) in [7, 11) is 0. The zero-order chi connectivity index (χ0) is 12.1. The Bertz CT molecular complexity index is 425. The van der Waals surface area contributed by atoms with Crippen molar-refractivity contribution in [1.82, 2.24) is 5.48 Å². The lowest BCUT2D eigenvalue weighted by atomic mass is 10.2. The minimum atomic E-state index is -0.724. The first kappa shape index (κ1) is 12.6. The molecule has 2 amide bonds. The number of carbonyl (C=O) groups excluding carboxylic acids is 2. The Labute approximate surface area is 98.8 Å². The number of hydrogen-bond donors (Lipinski definition) is 2. The quantitative estimate of drug-likeness (QED) is 0.803. The van der Waals surface area contributed by atoms with Crippen molar-refractivity contribution in [3.63, 3.8) is 0 Å². The van der Waals surface area contributed by atoms with E-state index in [0.717, 1.165) is 0 Å². The Morgan fingerprint density at radius 2 is 2.19 bits per heavy atom. The number of rotatable bonds is 4. The van der Waals surface area contributed by atoms with Gasteiger partial charge in [0.05, 0.1) is 10.0 Å². The van der Waals surface area contributed by atoms with Crippen LogP contribution in [0.5, 0.6) is 0 Å². The smallest absolute Gasteiger partial charge is 0.276 e. The van der Waals surface area contributed by atoms with Gasteiger partial charge < -0.3 is 5.73 Å². The van der Waals surface area contributed by atoms with E-state index in [1.165, 1.54) is 18.2 Å². The van der Waals surface area contributed by atoms with E-state index >= 15 is 0 Å². The highest BCUT2D eigenvalue weighted by molar-refractivity contribution is 9.10. The summed E-state index contributed by atoms with van der Waals surface area (Å²) < 4.78 is 13.1. The molecule has 0 fully saturated rings. The molecule has 0 saturated carbocycles. The lowest BCUT2D eigenvalue weighted by molar-refractivity contribution is -0.124. The van der Waals surface area contributed by atoms with Crippen LogP contribution in [0.1, 0.15) is 10.4 Å². The van der Waals surface area contributed by atoms with Crippen molar-refractivity contribution in [3.8, 4) is 0 Å². The molecule has 0 saturated heterocycles. The largest absolute Gasteiger partial charge is 0.368 e. The van der Waals surface area contributed by atoms with Crippen LogP contribution in [0, 0.1) is 5.82 Å². The molecule has 1 rings (SSSR count). The van der Waals surface area contributed by atoms with Crippen molar-refractivity contribution in [2.24, 2.45) is 5.73 Å². The Morgan fingerprint density at radius 3 is 2.81 bits per heavy atom. The van der Waals surface area contributed by atoms with E-state index in [2.05, 4.69) is 20.8 Å². The molecule has 0 aliphatic heterocycles. The molecule has 0 aromatic heterocycles. The van der Waals surface area contributed by atoms with E-state index < -0.39 is 24.2 Å². The van der Waals surface area contributed by atoms with Gasteiger partial charge in [0.15, 0.2) is 6.61 Å². The molecule has 0 spiro atoms. The lowest BCUT2D eigenvalue weighted by Crippen LogP contribution is -2.29. The minimum absolute atomic E-state index is 0.0233. The molecule has 7 heteroatoms. The molecule has 0 heterocycles. The standard InChI is InChI=1S/C9H8BrFN2O3/c10-8-5(2-1-3-6(8)11)9(15)13-16-4-7(12)14/h1-3H,4H2,(H2,12,14)(H,13,15). The van der Waals surface area contributed by atoms with E-state index in [1.807, 2.05) is 5.48 Å². The summed E-state index contributed by atoms with van der Waals surface area (Å²) in [5, 5.41) is 0. The summed E-state index contributed by atoms with van der Waals surface area (Å²) in [6.45, 7) is -0.446. The molecule has 1 aromatic rings. The van der Waals surface area contributed by atoms with E-state index in [1.54, 1.807) is 0 Å². The topological polar surface area (TPSA) is 81.4 Å². The van der Waals surface area contributed by atoms with E-state index in [4.69, 9.17) is 5.73 Å². The van der Waals surface area contributed by atoms with Crippen molar-refractivity contribution in [3.05, 3.63) is 34.1 Å². The Kier molecular flexibility index (Phi) is 4.39. The highest BCUT2D eigenvalue weighted by Gasteiger charge is 2.13. The van der Waals surface area contributed by atoms with Crippen molar-refractivity contribution in [2.75, 3.05) is 6.61 Å². The third-order valence-electron chi connectivity index (χ3n) is 1.58. The fourth-order valence-electron chi connectivity index (χ4n) is 0.907. The summed E-state index contributed by atoms with van der Waals surface area (Å²) in [5.41, 5.74) is 6.81. The van der Waals surface area contributed by atoms with Gasteiger partial charge in [0.2, 0.25) is 5.91 Å². The highest BCUT2D eigenvalue weighted by atomic mass is 79.9. The summed E-state index contributed by atoms with van der Waals surface area (Å²) in [6.07, 6.45) is 0. The monoisotopic (exact) mass is 290 g/mol. The molecule has 5 nitrogen and oxygen atoms in total. The third kappa shape index (κ3) is 3.28. The van der Waals surface area contributed by atoms with Gasteiger partial charge in [0.25, 0.3) is 5.91 Å². The van der Waals surface area contributed by atoms with Gasteiger partial charge in [-0.3, -0.25) is 14.4 Å². The maximum absolute atomic E-state index is 13.0. The number of nitrogens with one attached hydrogen (secondary N) is 1. The molecule has 3 N–H and O–H groups in total. The van der Waals surface area contributed by atoms with Crippen LogP contribution >= 0.6 is 15.9 Å². The normalized spacial score (nSPS) is 9.88. The van der Waals surface area contributed by atoms with Gasteiger partial charge in [-0.2, -0.15) is 0 Å². The average Bonchev–Trinajstić information content (AvgIpc) is 2.21. The molecule has 16 heavy (non-hydrogen) atoms. The molecule has 0 aliphatic carbocycles. The molecule has 0 radical (unpaired) electrons. The predicted octanol–water partition coefficient (Wildman–Crippen LogP) is 0.735. The molecule has 0 bridgehead atoms. The Hall–Kier alpha value is -1.47. The van der Waals surface area contributed by atoms with Crippen LogP contribution in [0.15, 0.2) is 22.7 Å². The van der Waals surface area contributed by atoms with Gasteiger partial charge in [-0.15, -0.1) is 0 Å². The van der Waals surface area contributed by atoms with Crippen LogP contribution in [0.2, 0.25) is 0 Å². The zero-order valence-corrected chi connectivity index (χ0v) is 9.58. The second kappa shape index (κ2) is 5.57. The van der Waals surface area contributed by atoms with Crippen LogP contribution in [0.4, 0.5) is 4.39 Å². The Morgan fingerprint density at radius 1 is 1.50 bits per heavy atom. The second-order valence-corrected chi connectivity index (χ2v) is 3.58. The molecule has 0 aliphatic rings. The van der Waals surface area contributed by atoms with Gasteiger partial charge in [0, 0.05) is 0 Å². The molecule has 0 atom stereocenters. The number of halogens is 2. The number of amides is 2. The van der Waals surface area contributed by atoms with Gasteiger partial charge in [-0.05, 0) is 28.1 Å². The minimum Gasteiger partial charge on any atom is -0.368 e. The van der Waals surface area contributed by atoms with Crippen molar-refractivity contribution in [2.45, 2.75) is 0 Å². The van der Waals surface area contributed by atoms with Crippen LogP contribution in [-0.4, -0.2) is 18.4 Å². The summed E-state index contributed by atoms with van der Waals surface area (Å²) in [5.74, 6) is -1.96.